The molecule has 2 aromatic carbocycles. The minimum atomic E-state index is -0.136. The van der Waals surface area contributed by atoms with Gasteiger partial charge in [-0.05, 0) is 80.4 Å². The van der Waals surface area contributed by atoms with Crippen LogP contribution in [0.2, 0.25) is 0 Å². The minimum Gasteiger partial charge on any atom is -0.369 e. The Morgan fingerprint density at radius 3 is 2.62 bits per heavy atom. The van der Waals surface area contributed by atoms with Gasteiger partial charge in [-0.1, -0.05) is 12.1 Å². The molecule has 0 unspecified atom stereocenters. The van der Waals surface area contributed by atoms with E-state index in [0.29, 0.717) is 17.6 Å². The Hall–Kier alpha value is -3.22. The molecule has 1 aliphatic carbocycles. The molecule has 0 spiro atoms. The summed E-state index contributed by atoms with van der Waals surface area (Å²) in [6.07, 6.45) is 2.22. The fourth-order valence-corrected chi connectivity index (χ4v) is 3.54. The van der Waals surface area contributed by atoms with Crippen LogP contribution in [0.15, 0.2) is 48.5 Å². The third-order valence-corrected chi connectivity index (χ3v) is 5.19. The Morgan fingerprint density at radius 2 is 1.97 bits per heavy atom. The Morgan fingerprint density at radius 1 is 1.21 bits per heavy atom. The predicted molar refractivity (Wildman–Crippen MR) is 114 cm³/mol. The number of carbonyl (C=O) groups excluding carboxylic acids is 1. The summed E-state index contributed by atoms with van der Waals surface area (Å²) in [6, 6.07) is 16.2. The molecule has 1 N–H and O–H groups in total. The molecule has 1 aromatic heterocycles. The topological polar surface area (TPSA) is 75.9 Å². The number of hydrogen-bond donors (Lipinski definition) is 1. The van der Waals surface area contributed by atoms with E-state index in [9.17, 15) is 4.79 Å². The molecule has 1 saturated carbocycles. The zero-order chi connectivity index (χ0) is 20.4. The van der Waals surface area contributed by atoms with E-state index in [-0.39, 0.29) is 5.91 Å². The molecule has 1 heterocycles. The summed E-state index contributed by atoms with van der Waals surface area (Å²) in [5, 5.41) is 15.0. The Balaban J connectivity index is 1.49. The SMILES string of the molecule is CCN(c1ccc(C(=O)Nc2cccc(-c3nnnn3C3CC3)c2)cc1)C(C)C. The number of nitrogens with zero attached hydrogens (tertiary/aromatic N) is 5. The zero-order valence-corrected chi connectivity index (χ0v) is 17.0. The molecular formula is C22H26N6O. The summed E-state index contributed by atoms with van der Waals surface area (Å²) in [5.74, 6) is 0.601. The normalized spacial score (nSPS) is 13.5. The van der Waals surface area contributed by atoms with Gasteiger partial charge in [0.05, 0.1) is 6.04 Å². The second-order valence-corrected chi connectivity index (χ2v) is 7.64. The molecule has 0 aliphatic heterocycles. The first-order valence-corrected chi connectivity index (χ1v) is 10.1. The molecule has 0 atom stereocenters. The second kappa shape index (κ2) is 8.03. The van der Waals surface area contributed by atoms with Gasteiger partial charge in [-0.15, -0.1) is 5.10 Å². The van der Waals surface area contributed by atoms with Gasteiger partial charge in [-0.25, -0.2) is 4.68 Å². The van der Waals surface area contributed by atoms with Crippen LogP contribution in [0.5, 0.6) is 0 Å². The quantitative estimate of drug-likeness (QED) is 0.655. The number of benzene rings is 2. The van der Waals surface area contributed by atoms with Crippen molar-refractivity contribution in [2.45, 2.75) is 45.7 Å². The van der Waals surface area contributed by atoms with Crippen molar-refractivity contribution in [1.29, 1.82) is 0 Å². The standard InChI is InChI=1S/C22H26N6O/c1-4-27(15(2)3)19-10-8-16(9-11-19)22(29)23-18-7-5-6-17(14-18)21-24-25-26-28(21)20-12-13-20/h5-11,14-15,20H,4,12-13H2,1-3H3,(H,23,29). The lowest BCUT2D eigenvalue weighted by Crippen LogP contribution is -2.30. The predicted octanol–water partition coefficient (Wildman–Crippen LogP) is 4.16. The number of rotatable bonds is 7. The first kappa shape index (κ1) is 19.1. The smallest absolute Gasteiger partial charge is 0.255 e. The van der Waals surface area contributed by atoms with Crippen LogP contribution in [-0.4, -0.2) is 38.7 Å². The van der Waals surface area contributed by atoms with Crippen LogP contribution < -0.4 is 10.2 Å². The van der Waals surface area contributed by atoms with Crippen molar-refractivity contribution in [3.05, 3.63) is 54.1 Å². The van der Waals surface area contributed by atoms with Gasteiger partial charge in [0.2, 0.25) is 0 Å². The molecule has 1 fully saturated rings. The zero-order valence-electron chi connectivity index (χ0n) is 17.0. The minimum absolute atomic E-state index is 0.136. The van der Waals surface area contributed by atoms with Gasteiger partial charge in [-0.2, -0.15) is 0 Å². The van der Waals surface area contributed by atoms with Crippen LogP contribution in [-0.2, 0) is 0 Å². The monoisotopic (exact) mass is 390 g/mol. The lowest BCUT2D eigenvalue weighted by atomic mass is 10.1. The average molecular weight is 390 g/mol. The summed E-state index contributed by atoms with van der Waals surface area (Å²) in [6.45, 7) is 7.39. The van der Waals surface area contributed by atoms with Gasteiger partial charge in [0, 0.05) is 35.1 Å². The highest BCUT2D eigenvalue weighted by molar-refractivity contribution is 6.04. The molecule has 1 amide bonds. The van der Waals surface area contributed by atoms with Crippen LogP contribution in [0.25, 0.3) is 11.4 Å². The number of amides is 1. The molecule has 29 heavy (non-hydrogen) atoms. The molecule has 7 nitrogen and oxygen atoms in total. The van der Waals surface area contributed by atoms with Gasteiger partial charge in [-0.3, -0.25) is 4.79 Å². The van der Waals surface area contributed by atoms with Crippen molar-refractivity contribution in [3.63, 3.8) is 0 Å². The second-order valence-electron chi connectivity index (χ2n) is 7.64. The first-order chi connectivity index (χ1) is 14.1. The van der Waals surface area contributed by atoms with Gasteiger partial charge in [0.25, 0.3) is 5.91 Å². The Bertz CT molecular complexity index is 991. The molecule has 4 rings (SSSR count). The molecule has 0 saturated heterocycles. The van der Waals surface area contributed by atoms with Crippen LogP contribution >= 0.6 is 0 Å². The molecule has 7 heteroatoms. The molecule has 3 aromatic rings. The molecule has 0 bridgehead atoms. The number of carbonyl (C=O) groups is 1. The van der Waals surface area contributed by atoms with Crippen molar-refractivity contribution in [2.75, 3.05) is 16.8 Å². The summed E-state index contributed by atoms with van der Waals surface area (Å²) < 4.78 is 1.87. The summed E-state index contributed by atoms with van der Waals surface area (Å²) >= 11 is 0. The van der Waals surface area contributed by atoms with Crippen molar-refractivity contribution < 1.29 is 4.79 Å². The molecule has 150 valence electrons. The molecular weight excluding hydrogens is 364 g/mol. The Labute approximate surface area is 170 Å². The highest BCUT2D eigenvalue weighted by atomic mass is 16.1. The summed E-state index contributed by atoms with van der Waals surface area (Å²) in [7, 11) is 0. The maximum absolute atomic E-state index is 12.7. The summed E-state index contributed by atoms with van der Waals surface area (Å²) in [4.78, 5) is 15.0. The third-order valence-electron chi connectivity index (χ3n) is 5.19. The van der Waals surface area contributed by atoms with Gasteiger partial charge >= 0.3 is 0 Å². The van der Waals surface area contributed by atoms with Crippen molar-refractivity contribution in [2.24, 2.45) is 0 Å². The maximum Gasteiger partial charge on any atom is 0.255 e. The molecule has 0 radical (unpaired) electrons. The summed E-state index contributed by atoms with van der Waals surface area (Å²) in [5.41, 5.74) is 3.36. The van der Waals surface area contributed by atoms with E-state index in [0.717, 1.165) is 42.1 Å². The van der Waals surface area contributed by atoms with E-state index in [1.54, 1.807) is 0 Å². The number of hydrogen-bond acceptors (Lipinski definition) is 5. The molecule has 1 aliphatic rings. The lowest BCUT2D eigenvalue weighted by Gasteiger charge is -2.27. The fraction of sp³-hybridized carbons (Fsp3) is 0.364. The maximum atomic E-state index is 12.7. The van der Waals surface area contributed by atoms with Crippen molar-refractivity contribution >= 4 is 17.3 Å². The Kier molecular flexibility index (Phi) is 5.29. The van der Waals surface area contributed by atoms with Crippen LogP contribution in [0.3, 0.4) is 0 Å². The highest BCUT2D eigenvalue weighted by Crippen LogP contribution is 2.36. The van der Waals surface area contributed by atoms with Crippen molar-refractivity contribution in [1.82, 2.24) is 20.2 Å². The van der Waals surface area contributed by atoms with E-state index in [2.05, 4.69) is 46.5 Å². The first-order valence-electron chi connectivity index (χ1n) is 10.1. The number of nitrogens with one attached hydrogen (secondary N) is 1. The van der Waals surface area contributed by atoms with Crippen LogP contribution in [0.1, 0.15) is 50.0 Å². The highest BCUT2D eigenvalue weighted by Gasteiger charge is 2.28. The van der Waals surface area contributed by atoms with Gasteiger partial charge in [0.15, 0.2) is 5.82 Å². The lowest BCUT2D eigenvalue weighted by molar-refractivity contribution is 0.102. The van der Waals surface area contributed by atoms with E-state index >= 15 is 0 Å². The average Bonchev–Trinajstić information content (AvgIpc) is 3.45. The van der Waals surface area contributed by atoms with Crippen LogP contribution in [0.4, 0.5) is 11.4 Å². The van der Waals surface area contributed by atoms with Crippen molar-refractivity contribution in [3.8, 4) is 11.4 Å². The number of aromatic nitrogens is 4. The number of tetrazole rings is 1. The van der Waals surface area contributed by atoms with E-state index in [4.69, 9.17) is 0 Å². The van der Waals surface area contributed by atoms with Gasteiger partial charge in [0.1, 0.15) is 0 Å². The van der Waals surface area contributed by atoms with E-state index in [1.165, 1.54) is 0 Å². The third kappa shape index (κ3) is 4.13. The largest absolute Gasteiger partial charge is 0.369 e. The van der Waals surface area contributed by atoms with E-state index < -0.39 is 0 Å². The van der Waals surface area contributed by atoms with Gasteiger partial charge < -0.3 is 10.2 Å². The van der Waals surface area contributed by atoms with Crippen LogP contribution in [0, 0.1) is 0 Å². The van der Waals surface area contributed by atoms with E-state index in [1.807, 2.05) is 53.2 Å². The fourth-order valence-electron chi connectivity index (χ4n) is 3.54. The number of anilines is 2.